The highest BCUT2D eigenvalue weighted by atomic mass is 32.2. The van der Waals surface area contributed by atoms with Crippen LogP contribution in [0.1, 0.15) is 0 Å². The summed E-state index contributed by atoms with van der Waals surface area (Å²) in [5, 5.41) is 0.528. The molecule has 0 amide bonds. The standard InChI is InChI=1S/C4H9N2S/c1-6-4(5)7(2)3/h2H,1,3H3,(H2,5,6)/q-1. The zero-order valence-corrected chi connectivity index (χ0v) is 5.33. The molecule has 3 heteroatoms. The van der Waals surface area contributed by atoms with Crippen molar-refractivity contribution >= 4 is 15.5 Å². The molecule has 0 spiro atoms. The zero-order chi connectivity index (χ0) is 5.86. The molecule has 0 unspecified atom stereocenters. The van der Waals surface area contributed by atoms with Crippen molar-refractivity contribution < 1.29 is 0 Å². The van der Waals surface area contributed by atoms with Gasteiger partial charge >= 0.3 is 0 Å². The number of aliphatic imine (C=N–C) groups is 1. The van der Waals surface area contributed by atoms with Gasteiger partial charge < -0.3 is 21.7 Å². The van der Waals surface area contributed by atoms with Crippen LogP contribution in [0, 0.1) is 5.69 Å². The number of rotatable bonds is 0. The largest absolute Gasteiger partial charge is 0.405 e. The predicted octanol–water partition coefficient (Wildman–Crippen LogP) is -0.232. The normalized spacial score (nSPS) is 12.6. The second-order valence-corrected chi connectivity index (χ2v) is 2.65. The average molecular weight is 117 g/mol. The summed E-state index contributed by atoms with van der Waals surface area (Å²) in [6.07, 6.45) is 1.82. The first-order valence-corrected chi connectivity index (χ1v) is 3.50. The van der Waals surface area contributed by atoms with Crippen molar-refractivity contribution in [3.63, 3.8) is 0 Å². The first-order chi connectivity index (χ1) is 3.18. The molecule has 0 aromatic heterocycles. The van der Waals surface area contributed by atoms with E-state index in [0.29, 0.717) is 5.17 Å². The molecule has 0 saturated carbocycles. The van der Waals surface area contributed by atoms with Gasteiger partial charge in [0.25, 0.3) is 0 Å². The second kappa shape index (κ2) is 2.72. The van der Waals surface area contributed by atoms with Gasteiger partial charge in [-0.05, 0) is 5.17 Å². The van der Waals surface area contributed by atoms with Crippen LogP contribution < -0.4 is 5.73 Å². The van der Waals surface area contributed by atoms with E-state index in [1.54, 1.807) is 7.05 Å². The van der Waals surface area contributed by atoms with Crippen LogP contribution in [0.5, 0.6) is 0 Å². The van der Waals surface area contributed by atoms with Crippen molar-refractivity contribution in [1.29, 1.82) is 0 Å². The van der Waals surface area contributed by atoms with Crippen LogP contribution in [0.3, 0.4) is 0 Å². The molecule has 0 atom stereocenters. The maximum atomic E-state index is 5.32. The summed E-state index contributed by atoms with van der Waals surface area (Å²) in [7, 11) is 1.30. The average Bonchev–Trinajstić information content (AvgIpc) is 1.65. The highest BCUT2D eigenvalue weighted by Gasteiger charge is 1.64. The highest BCUT2D eigenvalue weighted by Crippen LogP contribution is 1.68. The number of nitrogens with two attached hydrogens (primary N) is 1. The van der Waals surface area contributed by atoms with Gasteiger partial charge in [-0.1, -0.05) is 0 Å². The Morgan fingerprint density at radius 1 is 1.86 bits per heavy atom. The molecule has 0 radical (unpaired) electrons. The van der Waals surface area contributed by atoms with E-state index in [0.717, 1.165) is 0 Å². The van der Waals surface area contributed by atoms with Crippen molar-refractivity contribution in [2.45, 2.75) is 0 Å². The van der Waals surface area contributed by atoms with Gasteiger partial charge in [0.05, 0.1) is 0 Å². The molecule has 0 heterocycles. The van der Waals surface area contributed by atoms with Crippen LogP contribution in [0.2, 0.25) is 0 Å². The molecule has 0 aliphatic heterocycles. The summed E-state index contributed by atoms with van der Waals surface area (Å²) in [6, 6.07) is 0. The first kappa shape index (κ1) is 6.60. The van der Waals surface area contributed by atoms with Crippen LogP contribution in [-0.4, -0.2) is 18.5 Å². The molecule has 42 valence electrons. The minimum absolute atomic E-state index is 0.333. The summed E-state index contributed by atoms with van der Waals surface area (Å²) in [6.45, 7) is 0. The number of hydrogen-bond donors (Lipinski definition) is 1. The Kier molecular flexibility index (Phi) is 2.56. The quantitative estimate of drug-likeness (QED) is 0.265. The fraction of sp³-hybridized carbons (Fsp3) is 0.500. The SMILES string of the molecule is C#[S-](C)C(N)=NC. The lowest BCUT2D eigenvalue weighted by Crippen LogP contribution is -2.14. The topological polar surface area (TPSA) is 38.4 Å². The summed E-state index contributed by atoms with van der Waals surface area (Å²) in [5.74, 6) is 0. The number of nitrogens with zero attached hydrogens (tertiary/aromatic N) is 1. The Labute approximate surface area is 46.0 Å². The predicted molar refractivity (Wildman–Crippen MR) is 35.8 cm³/mol. The van der Waals surface area contributed by atoms with E-state index in [1.807, 2.05) is 6.26 Å². The molecule has 0 rings (SSSR count). The van der Waals surface area contributed by atoms with Crippen molar-refractivity contribution in [2.75, 3.05) is 13.3 Å². The molecule has 2 nitrogen and oxygen atoms in total. The smallest absolute Gasteiger partial charge is 0.0274 e. The third-order valence-corrected chi connectivity index (χ3v) is 1.39. The van der Waals surface area contributed by atoms with Gasteiger partial charge in [0, 0.05) is 7.05 Å². The van der Waals surface area contributed by atoms with Gasteiger partial charge in [-0.15, -0.1) is 6.26 Å². The Morgan fingerprint density at radius 2 is 2.29 bits per heavy atom. The van der Waals surface area contributed by atoms with Crippen LogP contribution in [0.4, 0.5) is 0 Å². The molecule has 0 aromatic carbocycles. The maximum Gasteiger partial charge on any atom is 0.0274 e. The van der Waals surface area contributed by atoms with E-state index >= 15 is 0 Å². The van der Waals surface area contributed by atoms with E-state index in [2.05, 4.69) is 4.99 Å². The van der Waals surface area contributed by atoms with Crippen molar-refractivity contribution in [3.8, 4) is 5.69 Å². The van der Waals surface area contributed by atoms with Gasteiger partial charge in [0.1, 0.15) is 0 Å². The monoisotopic (exact) mass is 117 g/mol. The summed E-state index contributed by atoms with van der Waals surface area (Å²) in [5.41, 5.74) is 10.6. The van der Waals surface area contributed by atoms with Gasteiger partial charge in [0.15, 0.2) is 0 Å². The Balaban J connectivity index is 3.91. The van der Waals surface area contributed by atoms with E-state index < -0.39 is 0 Å². The van der Waals surface area contributed by atoms with Crippen molar-refractivity contribution in [2.24, 2.45) is 10.7 Å². The Hall–Kier alpha value is -0.400. The maximum absolute atomic E-state index is 5.32. The lowest BCUT2D eigenvalue weighted by Gasteiger charge is -2.06. The zero-order valence-electron chi connectivity index (χ0n) is 4.51. The third-order valence-electron chi connectivity index (χ3n) is 0.550. The van der Waals surface area contributed by atoms with E-state index in [9.17, 15) is 0 Å². The van der Waals surface area contributed by atoms with Gasteiger partial charge in [0.2, 0.25) is 0 Å². The van der Waals surface area contributed by atoms with E-state index in [-0.39, 0.29) is 10.3 Å². The molecular formula is C4H9N2S-. The minimum atomic E-state index is -0.333. The highest BCUT2D eigenvalue weighted by molar-refractivity contribution is 8.00. The lowest BCUT2D eigenvalue weighted by molar-refractivity contribution is 1.44. The molecule has 0 aliphatic carbocycles. The Morgan fingerprint density at radius 3 is 2.29 bits per heavy atom. The van der Waals surface area contributed by atoms with Crippen molar-refractivity contribution in [3.05, 3.63) is 0 Å². The van der Waals surface area contributed by atoms with E-state index in [4.69, 9.17) is 11.4 Å². The summed E-state index contributed by atoms with van der Waals surface area (Å²) >= 11 is 0. The van der Waals surface area contributed by atoms with Crippen LogP contribution >= 0.6 is 0 Å². The Bertz CT molecular complexity index is 140. The minimum Gasteiger partial charge on any atom is -0.405 e. The molecule has 2 N–H and O–H groups in total. The van der Waals surface area contributed by atoms with Crippen LogP contribution in [0.25, 0.3) is 0 Å². The molecular weight excluding hydrogens is 108 g/mol. The second-order valence-electron chi connectivity index (χ2n) is 1.12. The fourth-order valence-corrected chi connectivity index (χ4v) is 0.432. The van der Waals surface area contributed by atoms with Gasteiger partial charge in [-0.3, -0.25) is 4.99 Å². The van der Waals surface area contributed by atoms with E-state index in [1.165, 1.54) is 0 Å². The molecule has 0 fully saturated rings. The summed E-state index contributed by atoms with van der Waals surface area (Å²) < 4.78 is 0. The van der Waals surface area contributed by atoms with Gasteiger partial charge in [-0.2, -0.15) is 0 Å². The lowest BCUT2D eigenvalue weighted by atomic mass is 11.3. The molecule has 0 bridgehead atoms. The van der Waals surface area contributed by atoms with Gasteiger partial charge in [-0.25, -0.2) is 0 Å². The van der Waals surface area contributed by atoms with Crippen molar-refractivity contribution in [1.82, 2.24) is 0 Å². The number of hydrogen-bond acceptors (Lipinski definition) is 2. The first-order valence-electron chi connectivity index (χ1n) is 1.81. The molecule has 0 saturated heterocycles. The van der Waals surface area contributed by atoms with Crippen LogP contribution in [-0.2, 0) is 10.3 Å². The van der Waals surface area contributed by atoms with Crippen LogP contribution in [0.15, 0.2) is 4.99 Å². The molecule has 0 aromatic rings. The molecule has 7 heavy (non-hydrogen) atoms. The summed E-state index contributed by atoms with van der Waals surface area (Å²) in [4.78, 5) is 3.67. The fourth-order valence-electron chi connectivity index (χ4n) is 0.144. The molecule has 0 aliphatic rings. The number of amidine groups is 1. The third kappa shape index (κ3) is 2.31.